The first-order valence-electron chi connectivity index (χ1n) is 8.86. The highest BCUT2D eigenvalue weighted by atomic mass is 16.5. The lowest BCUT2D eigenvalue weighted by Crippen LogP contribution is -2.36. The quantitative estimate of drug-likeness (QED) is 0.763. The van der Waals surface area contributed by atoms with E-state index < -0.39 is 5.97 Å². The largest absolute Gasteiger partial charge is 0.465 e. The van der Waals surface area contributed by atoms with Crippen LogP contribution < -0.4 is 9.80 Å². The number of carbonyl (C=O) groups is 3. The standard InChI is InChI=1S/C21H22N2O4/c1-15(24)22(19-10-6-4-8-17(19)21(26)27-2)14-12-20(25)23-13-11-16-7-3-5-9-18(16)23/h3-10H,11-14H2,1-2H3. The number of methoxy groups -OCH3 is 1. The minimum Gasteiger partial charge on any atom is -0.465 e. The minimum atomic E-state index is -0.517. The molecular weight excluding hydrogens is 344 g/mol. The van der Waals surface area contributed by atoms with Gasteiger partial charge in [0.2, 0.25) is 11.8 Å². The first-order valence-corrected chi connectivity index (χ1v) is 8.86. The Bertz CT molecular complexity index is 878. The van der Waals surface area contributed by atoms with Crippen molar-refractivity contribution in [1.29, 1.82) is 0 Å². The summed E-state index contributed by atoms with van der Waals surface area (Å²) in [4.78, 5) is 40.2. The Hall–Kier alpha value is -3.15. The van der Waals surface area contributed by atoms with Crippen LogP contribution in [0.2, 0.25) is 0 Å². The van der Waals surface area contributed by atoms with E-state index in [2.05, 4.69) is 0 Å². The molecule has 0 atom stereocenters. The lowest BCUT2D eigenvalue weighted by Gasteiger charge is -2.24. The average Bonchev–Trinajstić information content (AvgIpc) is 3.11. The van der Waals surface area contributed by atoms with Crippen LogP contribution >= 0.6 is 0 Å². The van der Waals surface area contributed by atoms with Crippen molar-refractivity contribution >= 4 is 29.2 Å². The molecular formula is C21H22N2O4. The first kappa shape index (κ1) is 18.6. The summed E-state index contributed by atoms with van der Waals surface area (Å²) in [5.41, 5.74) is 2.85. The molecule has 0 spiro atoms. The minimum absolute atomic E-state index is 0.0400. The molecule has 0 saturated carbocycles. The zero-order chi connectivity index (χ0) is 19.4. The van der Waals surface area contributed by atoms with Crippen LogP contribution in [0.3, 0.4) is 0 Å². The van der Waals surface area contributed by atoms with Gasteiger partial charge >= 0.3 is 5.97 Å². The summed E-state index contributed by atoms with van der Waals surface area (Å²) >= 11 is 0. The number of benzene rings is 2. The van der Waals surface area contributed by atoms with Crippen molar-refractivity contribution in [3.63, 3.8) is 0 Å². The second-order valence-corrected chi connectivity index (χ2v) is 6.35. The third-order valence-corrected chi connectivity index (χ3v) is 4.72. The Balaban J connectivity index is 1.76. The molecule has 0 radical (unpaired) electrons. The molecule has 0 saturated heterocycles. The number of anilines is 2. The van der Waals surface area contributed by atoms with Gasteiger partial charge in [-0.25, -0.2) is 4.79 Å². The number of hydrogen-bond acceptors (Lipinski definition) is 4. The van der Waals surface area contributed by atoms with Crippen LogP contribution in [-0.4, -0.2) is 38.0 Å². The number of hydrogen-bond donors (Lipinski definition) is 0. The van der Waals surface area contributed by atoms with Gasteiger partial charge in [0.25, 0.3) is 0 Å². The van der Waals surface area contributed by atoms with Crippen LogP contribution in [0, 0.1) is 0 Å². The van der Waals surface area contributed by atoms with Crippen LogP contribution in [0.4, 0.5) is 11.4 Å². The van der Waals surface area contributed by atoms with E-state index >= 15 is 0 Å². The molecule has 0 aliphatic carbocycles. The molecule has 0 aromatic heterocycles. The summed E-state index contributed by atoms with van der Waals surface area (Å²) < 4.78 is 4.80. The topological polar surface area (TPSA) is 66.9 Å². The van der Waals surface area contributed by atoms with Crippen molar-refractivity contribution in [1.82, 2.24) is 0 Å². The third kappa shape index (κ3) is 3.84. The predicted octanol–water partition coefficient (Wildman–Crippen LogP) is 2.81. The summed E-state index contributed by atoms with van der Waals surface area (Å²) in [6, 6.07) is 14.6. The molecule has 0 N–H and O–H groups in total. The van der Waals surface area contributed by atoms with E-state index in [1.54, 1.807) is 29.2 Å². The molecule has 0 unspecified atom stereocenters. The fraction of sp³-hybridized carbons (Fsp3) is 0.286. The number of para-hydroxylation sites is 2. The summed E-state index contributed by atoms with van der Waals surface area (Å²) in [7, 11) is 1.30. The van der Waals surface area contributed by atoms with Gasteiger partial charge in [-0.3, -0.25) is 9.59 Å². The molecule has 6 nitrogen and oxygen atoms in total. The van der Waals surface area contributed by atoms with E-state index in [1.165, 1.54) is 18.9 Å². The maximum atomic E-state index is 12.7. The summed E-state index contributed by atoms with van der Waals surface area (Å²) in [6.45, 7) is 2.27. The summed E-state index contributed by atoms with van der Waals surface area (Å²) in [6.07, 6.45) is 1.01. The smallest absolute Gasteiger partial charge is 0.339 e. The molecule has 27 heavy (non-hydrogen) atoms. The average molecular weight is 366 g/mol. The monoisotopic (exact) mass is 366 g/mol. The van der Waals surface area contributed by atoms with Crippen LogP contribution in [0.5, 0.6) is 0 Å². The Labute approximate surface area is 158 Å². The zero-order valence-electron chi connectivity index (χ0n) is 15.5. The predicted molar refractivity (Wildman–Crippen MR) is 103 cm³/mol. The van der Waals surface area contributed by atoms with Gasteiger partial charge in [0.15, 0.2) is 0 Å². The molecule has 0 bridgehead atoms. The van der Waals surface area contributed by atoms with Crippen molar-refractivity contribution in [2.45, 2.75) is 19.8 Å². The third-order valence-electron chi connectivity index (χ3n) is 4.72. The van der Waals surface area contributed by atoms with Crippen LogP contribution in [0.25, 0.3) is 0 Å². The van der Waals surface area contributed by atoms with E-state index in [0.29, 0.717) is 17.8 Å². The van der Waals surface area contributed by atoms with E-state index in [-0.39, 0.29) is 24.8 Å². The van der Waals surface area contributed by atoms with E-state index in [0.717, 1.165) is 17.7 Å². The lowest BCUT2D eigenvalue weighted by atomic mass is 10.1. The summed E-state index contributed by atoms with van der Waals surface area (Å²) in [5, 5.41) is 0. The molecule has 2 amide bonds. The molecule has 140 valence electrons. The molecule has 6 heteroatoms. The van der Waals surface area contributed by atoms with E-state index in [9.17, 15) is 14.4 Å². The molecule has 1 heterocycles. The van der Waals surface area contributed by atoms with Gasteiger partial charge in [0, 0.05) is 32.1 Å². The lowest BCUT2D eigenvalue weighted by molar-refractivity contribution is -0.118. The highest BCUT2D eigenvalue weighted by molar-refractivity contribution is 6.02. The maximum Gasteiger partial charge on any atom is 0.339 e. The molecule has 0 fully saturated rings. The van der Waals surface area contributed by atoms with Crippen molar-refractivity contribution in [2.24, 2.45) is 0 Å². The van der Waals surface area contributed by atoms with Crippen LogP contribution in [-0.2, 0) is 20.7 Å². The Morgan fingerprint density at radius 3 is 2.52 bits per heavy atom. The fourth-order valence-corrected chi connectivity index (χ4v) is 3.38. The molecule has 3 rings (SSSR count). The fourth-order valence-electron chi connectivity index (χ4n) is 3.38. The van der Waals surface area contributed by atoms with Crippen molar-refractivity contribution in [3.8, 4) is 0 Å². The van der Waals surface area contributed by atoms with Gasteiger partial charge in [-0.05, 0) is 30.2 Å². The number of ether oxygens (including phenoxy) is 1. The second kappa shape index (κ2) is 8.03. The number of esters is 1. The van der Waals surface area contributed by atoms with Crippen LogP contribution in [0.1, 0.15) is 29.3 Å². The van der Waals surface area contributed by atoms with Crippen molar-refractivity contribution in [2.75, 3.05) is 30.0 Å². The molecule has 1 aliphatic rings. The molecule has 2 aromatic rings. The molecule has 2 aromatic carbocycles. The van der Waals surface area contributed by atoms with Crippen molar-refractivity contribution in [3.05, 3.63) is 59.7 Å². The Morgan fingerprint density at radius 2 is 1.78 bits per heavy atom. The van der Waals surface area contributed by atoms with Gasteiger partial charge in [-0.15, -0.1) is 0 Å². The second-order valence-electron chi connectivity index (χ2n) is 6.35. The van der Waals surface area contributed by atoms with Gasteiger partial charge in [-0.2, -0.15) is 0 Å². The zero-order valence-corrected chi connectivity index (χ0v) is 15.5. The normalized spacial score (nSPS) is 12.4. The highest BCUT2D eigenvalue weighted by Crippen LogP contribution is 2.28. The number of rotatable bonds is 5. The van der Waals surface area contributed by atoms with E-state index in [4.69, 9.17) is 4.74 Å². The van der Waals surface area contributed by atoms with E-state index in [1.807, 2.05) is 24.3 Å². The SMILES string of the molecule is COC(=O)c1ccccc1N(CCC(=O)N1CCc2ccccc21)C(C)=O. The van der Waals surface area contributed by atoms with Crippen LogP contribution in [0.15, 0.2) is 48.5 Å². The number of amides is 2. The summed E-state index contributed by atoms with van der Waals surface area (Å²) in [5.74, 6) is -0.792. The number of nitrogens with zero attached hydrogens (tertiary/aromatic N) is 2. The molecule has 1 aliphatic heterocycles. The Kier molecular flexibility index (Phi) is 5.54. The van der Waals surface area contributed by atoms with Gasteiger partial charge in [-0.1, -0.05) is 30.3 Å². The van der Waals surface area contributed by atoms with Gasteiger partial charge in [0.1, 0.15) is 0 Å². The number of carbonyl (C=O) groups excluding carboxylic acids is 3. The highest BCUT2D eigenvalue weighted by Gasteiger charge is 2.26. The maximum absolute atomic E-state index is 12.7. The number of fused-ring (bicyclic) bond motifs is 1. The Morgan fingerprint density at radius 1 is 1.07 bits per heavy atom. The van der Waals surface area contributed by atoms with Gasteiger partial charge < -0.3 is 14.5 Å². The van der Waals surface area contributed by atoms with Crippen molar-refractivity contribution < 1.29 is 19.1 Å². The first-order chi connectivity index (χ1) is 13.0. The van der Waals surface area contributed by atoms with Gasteiger partial charge in [0.05, 0.1) is 18.4 Å².